The zero-order chi connectivity index (χ0) is 11.2. The fourth-order valence-corrected chi connectivity index (χ4v) is 3.67. The molecule has 4 aliphatic rings. The molecule has 0 amide bonds. The van der Waals surface area contributed by atoms with Gasteiger partial charge in [0, 0.05) is 19.6 Å². The van der Waals surface area contributed by atoms with Crippen molar-refractivity contribution in [1.29, 1.82) is 0 Å². The fourth-order valence-electron chi connectivity index (χ4n) is 3.67. The van der Waals surface area contributed by atoms with E-state index < -0.39 is 0 Å². The molecule has 3 aliphatic carbocycles. The van der Waals surface area contributed by atoms with E-state index in [1.165, 1.54) is 19.4 Å². The molecule has 0 radical (unpaired) electrons. The second-order valence-electron chi connectivity index (χ2n) is 6.21. The Morgan fingerprint density at radius 2 is 2.12 bits per heavy atom. The van der Waals surface area contributed by atoms with Crippen LogP contribution in [0, 0.1) is 17.3 Å². The maximum Gasteiger partial charge on any atom is 0.0594 e. The van der Waals surface area contributed by atoms with E-state index in [4.69, 9.17) is 4.74 Å². The molecule has 2 fully saturated rings. The summed E-state index contributed by atoms with van der Waals surface area (Å²) in [5.41, 5.74) is 2.30. The third-order valence-electron chi connectivity index (χ3n) is 5.09. The van der Waals surface area contributed by atoms with Crippen LogP contribution in [0.2, 0.25) is 0 Å². The van der Waals surface area contributed by atoms with Gasteiger partial charge in [-0.25, -0.2) is 0 Å². The van der Waals surface area contributed by atoms with Gasteiger partial charge in [-0.3, -0.25) is 4.90 Å². The Kier molecular flexibility index (Phi) is 2.60. The number of morpholine rings is 1. The molecule has 0 N–H and O–H groups in total. The summed E-state index contributed by atoms with van der Waals surface area (Å²) in [6, 6.07) is 0. The van der Waals surface area contributed by atoms with E-state index in [0.717, 1.165) is 38.1 Å². The molecule has 2 atom stereocenters. The Morgan fingerprint density at radius 1 is 1.38 bits per heavy atom. The molecule has 0 aromatic heterocycles. The number of fused-ring (bicyclic) bond motifs is 1. The Balaban J connectivity index is 1.65. The summed E-state index contributed by atoms with van der Waals surface area (Å²) < 4.78 is 5.41. The molecule has 90 valence electrons. The number of ether oxygens (including phenoxy) is 1. The molecule has 1 heterocycles. The average molecular weight is 221 g/mol. The van der Waals surface area contributed by atoms with Crippen LogP contribution in [0.1, 0.15) is 26.7 Å². The van der Waals surface area contributed by atoms with Gasteiger partial charge in [-0.1, -0.05) is 25.5 Å². The van der Waals surface area contributed by atoms with Gasteiger partial charge in [0.2, 0.25) is 0 Å². The van der Waals surface area contributed by atoms with Gasteiger partial charge in [0.1, 0.15) is 0 Å². The van der Waals surface area contributed by atoms with Crippen molar-refractivity contribution >= 4 is 0 Å². The first-order chi connectivity index (χ1) is 7.68. The van der Waals surface area contributed by atoms with Gasteiger partial charge < -0.3 is 4.74 Å². The van der Waals surface area contributed by atoms with E-state index in [1.807, 2.05) is 0 Å². The van der Waals surface area contributed by atoms with E-state index in [9.17, 15) is 0 Å². The number of hydrogen-bond donors (Lipinski definition) is 0. The zero-order valence-electron chi connectivity index (χ0n) is 10.5. The molecule has 16 heavy (non-hydrogen) atoms. The van der Waals surface area contributed by atoms with Crippen molar-refractivity contribution in [3.8, 4) is 0 Å². The quantitative estimate of drug-likeness (QED) is 0.663. The van der Waals surface area contributed by atoms with Crippen LogP contribution in [-0.4, -0.2) is 37.7 Å². The highest BCUT2D eigenvalue weighted by Gasteiger charge is 2.51. The maximum atomic E-state index is 5.41. The summed E-state index contributed by atoms with van der Waals surface area (Å²) in [4.78, 5) is 2.56. The number of hydrogen-bond acceptors (Lipinski definition) is 2. The van der Waals surface area contributed by atoms with E-state index >= 15 is 0 Å². The Hall–Kier alpha value is -0.340. The average Bonchev–Trinajstić information content (AvgIpc) is 2.30. The summed E-state index contributed by atoms with van der Waals surface area (Å²) >= 11 is 0. The largest absolute Gasteiger partial charge is 0.379 e. The second kappa shape index (κ2) is 3.85. The van der Waals surface area contributed by atoms with Crippen molar-refractivity contribution in [3.63, 3.8) is 0 Å². The van der Waals surface area contributed by atoms with E-state index in [2.05, 4.69) is 24.8 Å². The summed E-state index contributed by atoms with van der Waals surface area (Å²) in [7, 11) is 0. The molecule has 1 saturated carbocycles. The third kappa shape index (κ3) is 1.63. The van der Waals surface area contributed by atoms with Gasteiger partial charge in [-0.15, -0.1) is 0 Å². The van der Waals surface area contributed by atoms with Crippen molar-refractivity contribution < 1.29 is 4.74 Å². The zero-order valence-corrected chi connectivity index (χ0v) is 10.5. The predicted molar refractivity (Wildman–Crippen MR) is 65.3 cm³/mol. The van der Waals surface area contributed by atoms with Gasteiger partial charge in [-0.2, -0.15) is 0 Å². The highest BCUT2D eigenvalue weighted by Crippen LogP contribution is 2.59. The lowest BCUT2D eigenvalue weighted by atomic mass is 9.49. The summed E-state index contributed by atoms with van der Waals surface area (Å²) in [5.74, 6) is 1.83. The second-order valence-corrected chi connectivity index (χ2v) is 6.21. The molecule has 0 aromatic carbocycles. The van der Waals surface area contributed by atoms with E-state index in [1.54, 1.807) is 5.57 Å². The molecule has 2 heteroatoms. The van der Waals surface area contributed by atoms with Crippen LogP contribution in [-0.2, 0) is 4.74 Å². The van der Waals surface area contributed by atoms with Crippen LogP contribution in [0.3, 0.4) is 0 Å². The van der Waals surface area contributed by atoms with Crippen LogP contribution < -0.4 is 0 Å². The fraction of sp³-hybridized carbons (Fsp3) is 0.857. The van der Waals surface area contributed by atoms with Gasteiger partial charge in [0.25, 0.3) is 0 Å². The predicted octanol–water partition coefficient (Wildman–Crippen LogP) is 2.31. The van der Waals surface area contributed by atoms with Crippen molar-refractivity contribution in [2.24, 2.45) is 17.3 Å². The molecule has 0 aromatic rings. The minimum Gasteiger partial charge on any atom is -0.379 e. The molecule has 2 bridgehead atoms. The Morgan fingerprint density at radius 3 is 2.75 bits per heavy atom. The van der Waals surface area contributed by atoms with Crippen LogP contribution in [0.25, 0.3) is 0 Å². The SMILES string of the molecule is CC1(C)[C@@H]2CC=C(CN3CCOCC3)[C@H]1C2. The maximum absolute atomic E-state index is 5.41. The molecule has 1 saturated heterocycles. The molecular formula is C14H23NO. The molecule has 4 rings (SSSR count). The van der Waals surface area contributed by atoms with Gasteiger partial charge in [0.05, 0.1) is 13.2 Å². The minimum absolute atomic E-state index is 0.580. The first kappa shape index (κ1) is 10.8. The molecule has 1 aliphatic heterocycles. The minimum atomic E-state index is 0.580. The summed E-state index contributed by atoms with van der Waals surface area (Å²) in [6.45, 7) is 10.2. The van der Waals surface area contributed by atoms with Crippen LogP contribution in [0.15, 0.2) is 11.6 Å². The number of allylic oxidation sites excluding steroid dienone is 1. The van der Waals surface area contributed by atoms with Crippen molar-refractivity contribution in [2.45, 2.75) is 26.7 Å². The lowest BCUT2D eigenvalue weighted by molar-refractivity contribution is -0.0161. The topological polar surface area (TPSA) is 12.5 Å². The van der Waals surface area contributed by atoms with E-state index in [0.29, 0.717) is 5.41 Å². The van der Waals surface area contributed by atoms with Crippen molar-refractivity contribution in [3.05, 3.63) is 11.6 Å². The first-order valence-electron chi connectivity index (χ1n) is 6.67. The highest BCUT2D eigenvalue weighted by molar-refractivity contribution is 5.24. The van der Waals surface area contributed by atoms with Gasteiger partial charge in [0.15, 0.2) is 0 Å². The van der Waals surface area contributed by atoms with Crippen molar-refractivity contribution in [2.75, 3.05) is 32.8 Å². The van der Waals surface area contributed by atoms with Crippen molar-refractivity contribution in [1.82, 2.24) is 4.90 Å². The first-order valence-corrected chi connectivity index (χ1v) is 6.67. The van der Waals surface area contributed by atoms with Gasteiger partial charge >= 0.3 is 0 Å². The third-order valence-corrected chi connectivity index (χ3v) is 5.09. The van der Waals surface area contributed by atoms with Crippen LogP contribution in [0.4, 0.5) is 0 Å². The van der Waals surface area contributed by atoms with Crippen LogP contribution in [0.5, 0.6) is 0 Å². The number of nitrogens with zero attached hydrogens (tertiary/aromatic N) is 1. The molecule has 2 nitrogen and oxygen atoms in total. The smallest absolute Gasteiger partial charge is 0.0594 e. The Labute approximate surface area is 98.6 Å². The molecule has 0 spiro atoms. The monoisotopic (exact) mass is 221 g/mol. The lowest BCUT2D eigenvalue weighted by Gasteiger charge is -2.57. The number of rotatable bonds is 2. The normalized spacial score (nSPS) is 37.8. The Bertz CT molecular complexity index is 302. The summed E-state index contributed by atoms with van der Waals surface area (Å²) in [5, 5.41) is 0. The summed E-state index contributed by atoms with van der Waals surface area (Å²) in [6.07, 6.45) is 5.30. The standard InChI is InChI=1S/C14H23NO/c1-14(2)12-4-3-11(13(14)9-12)10-15-5-7-16-8-6-15/h3,12-13H,4-10H2,1-2H3/t12-,13-/m1/s1. The lowest BCUT2D eigenvalue weighted by Crippen LogP contribution is -2.50. The highest BCUT2D eigenvalue weighted by atomic mass is 16.5. The van der Waals surface area contributed by atoms with E-state index in [-0.39, 0.29) is 0 Å². The van der Waals surface area contributed by atoms with Crippen LogP contribution >= 0.6 is 0 Å². The molecular weight excluding hydrogens is 198 g/mol. The van der Waals surface area contributed by atoms with Gasteiger partial charge in [-0.05, 0) is 30.1 Å². The molecule has 0 unspecified atom stereocenters.